The van der Waals surface area contributed by atoms with Crippen molar-refractivity contribution < 1.29 is 14.3 Å². The first kappa shape index (κ1) is 20.7. The van der Waals surface area contributed by atoms with E-state index in [2.05, 4.69) is 31.9 Å². The molecule has 1 aromatic carbocycles. The molecule has 0 aliphatic heterocycles. The van der Waals surface area contributed by atoms with Gasteiger partial charge in [0, 0.05) is 12.1 Å². The van der Waals surface area contributed by atoms with Crippen molar-refractivity contribution in [3.05, 3.63) is 28.2 Å². The Bertz CT molecular complexity index is 632. The van der Waals surface area contributed by atoms with Crippen LogP contribution in [-0.2, 0) is 4.79 Å². The van der Waals surface area contributed by atoms with Crippen LogP contribution in [0, 0.1) is 0 Å². The number of nitrogens with one attached hydrogen (secondary N) is 3. The van der Waals surface area contributed by atoms with Gasteiger partial charge in [0.1, 0.15) is 5.75 Å². The van der Waals surface area contributed by atoms with E-state index in [0.717, 1.165) is 41.5 Å². The molecule has 3 amide bonds. The minimum atomic E-state index is -0.497. The van der Waals surface area contributed by atoms with Crippen molar-refractivity contribution in [2.75, 3.05) is 7.11 Å². The summed E-state index contributed by atoms with van der Waals surface area (Å²) in [5, 5.41) is 8.54. The van der Waals surface area contributed by atoms with Crippen molar-refractivity contribution in [1.29, 1.82) is 0 Å². The van der Waals surface area contributed by atoms with Gasteiger partial charge in [-0.15, -0.1) is 0 Å². The molecule has 1 aromatic rings. The number of imide groups is 1. The number of methoxy groups -OCH3 is 1. The molecule has 0 bridgehead atoms. The average Bonchev–Trinajstić information content (AvgIpc) is 2.62. The molecule has 144 valence electrons. The van der Waals surface area contributed by atoms with Crippen molar-refractivity contribution >= 4 is 27.9 Å². The molecule has 0 saturated heterocycles. The lowest BCUT2D eigenvalue weighted by atomic mass is 9.96. The van der Waals surface area contributed by atoms with Crippen LogP contribution in [0.4, 0.5) is 4.79 Å². The Kier molecular flexibility index (Phi) is 7.90. The van der Waals surface area contributed by atoms with Crippen LogP contribution in [0.15, 0.2) is 22.7 Å². The van der Waals surface area contributed by atoms with Gasteiger partial charge in [0.25, 0.3) is 0 Å². The Hall–Kier alpha value is -1.60. The summed E-state index contributed by atoms with van der Waals surface area (Å²) in [4.78, 5) is 24.3. The van der Waals surface area contributed by atoms with Gasteiger partial charge in [-0.05, 0) is 60.3 Å². The molecule has 1 saturated carbocycles. The van der Waals surface area contributed by atoms with Crippen molar-refractivity contribution in [2.45, 2.75) is 64.1 Å². The molecule has 2 atom stereocenters. The molecule has 0 spiro atoms. The highest BCUT2D eigenvalue weighted by Gasteiger charge is 2.21. The normalized spacial score (nSPS) is 17.2. The molecule has 2 rings (SSSR count). The number of benzene rings is 1. The van der Waals surface area contributed by atoms with Gasteiger partial charge in [-0.3, -0.25) is 15.4 Å². The first-order valence-electron chi connectivity index (χ1n) is 9.11. The van der Waals surface area contributed by atoms with Gasteiger partial charge in [-0.2, -0.15) is 0 Å². The molecule has 6 nitrogen and oxygen atoms in total. The maximum Gasteiger partial charge on any atom is 0.321 e. The fourth-order valence-electron chi connectivity index (χ4n) is 3.19. The Morgan fingerprint density at radius 1 is 1.19 bits per heavy atom. The fraction of sp³-hybridized carbons (Fsp3) is 0.579. The van der Waals surface area contributed by atoms with E-state index >= 15 is 0 Å². The van der Waals surface area contributed by atoms with Crippen LogP contribution >= 0.6 is 15.9 Å². The lowest BCUT2D eigenvalue weighted by Crippen LogP contribution is -2.50. The van der Waals surface area contributed by atoms with Crippen LogP contribution in [0.5, 0.6) is 5.75 Å². The van der Waals surface area contributed by atoms with Crippen LogP contribution in [0.25, 0.3) is 0 Å². The van der Waals surface area contributed by atoms with E-state index in [1.54, 1.807) is 14.0 Å². The molecule has 1 aliphatic carbocycles. The fourth-order valence-corrected chi connectivity index (χ4v) is 3.75. The zero-order valence-electron chi connectivity index (χ0n) is 15.6. The number of urea groups is 1. The summed E-state index contributed by atoms with van der Waals surface area (Å²) in [6.45, 7) is 3.72. The van der Waals surface area contributed by atoms with Crippen LogP contribution in [0.3, 0.4) is 0 Å². The third kappa shape index (κ3) is 5.99. The molecule has 0 aromatic heterocycles. The third-order valence-corrected chi connectivity index (χ3v) is 5.37. The number of amides is 3. The second-order valence-electron chi connectivity index (χ2n) is 6.80. The van der Waals surface area contributed by atoms with Gasteiger partial charge in [-0.25, -0.2) is 4.79 Å². The summed E-state index contributed by atoms with van der Waals surface area (Å²) in [6.07, 6.45) is 5.45. The van der Waals surface area contributed by atoms with Crippen LogP contribution in [0.2, 0.25) is 0 Å². The number of ether oxygens (including phenoxy) is 1. The molecule has 0 heterocycles. The molecule has 0 unspecified atom stereocenters. The second kappa shape index (κ2) is 9.92. The molecule has 7 heteroatoms. The number of halogens is 1. The van der Waals surface area contributed by atoms with Gasteiger partial charge >= 0.3 is 6.03 Å². The van der Waals surface area contributed by atoms with Crippen molar-refractivity contribution in [3.63, 3.8) is 0 Å². The first-order chi connectivity index (χ1) is 12.4. The van der Waals surface area contributed by atoms with Crippen LogP contribution in [0.1, 0.15) is 57.6 Å². The maximum absolute atomic E-state index is 12.3. The van der Waals surface area contributed by atoms with Crippen molar-refractivity contribution in [3.8, 4) is 5.75 Å². The Morgan fingerprint density at radius 3 is 2.50 bits per heavy atom. The van der Waals surface area contributed by atoms with Crippen LogP contribution < -0.4 is 20.7 Å². The number of carbonyl (C=O) groups is 2. The predicted octanol–water partition coefficient (Wildman–Crippen LogP) is 3.66. The van der Waals surface area contributed by atoms with Gasteiger partial charge in [0.15, 0.2) is 0 Å². The number of rotatable bonds is 6. The van der Waals surface area contributed by atoms with E-state index in [-0.39, 0.29) is 18.0 Å². The van der Waals surface area contributed by atoms with Crippen molar-refractivity contribution in [2.24, 2.45) is 0 Å². The summed E-state index contributed by atoms with van der Waals surface area (Å²) < 4.78 is 6.09. The zero-order chi connectivity index (χ0) is 19.1. The topological polar surface area (TPSA) is 79.5 Å². The van der Waals surface area contributed by atoms with E-state index in [0.29, 0.717) is 0 Å². The van der Waals surface area contributed by atoms with Crippen LogP contribution in [-0.4, -0.2) is 31.1 Å². The first-order valence-corrected chi connectivity index (χ1v) is 9.91. The molecule has 1 aliphatic rings. The summed E-state index contributed by atoms with van der Waals surface area (Å²) in [5.41, 5.74) is 1.02. The third-order valence-electron chi connectivity index (χ3n) is 4.75. The molecule has 0 radical (unpaired) electrons. The Labute approximate surface area is 163 Å². The lowest BCUT2D eigenvalue weighted by molar-refractivity contribution is -0.121. The summed E-state index contributed by atoms with van der Waals surface area (Å²) in [6, 6.07) is 4.99. The summed E-state index contributed by atoms with van der Waals surface area (Å²) >= 11 is 3.47. The van der Waals surface area contributed by atoms with E-state index in [1.165, 1.54) is 6.42 Å². The SMILES string of the molecule is COc1ccc([C@H](C)N[C@H](C)C(=O)NC(=O)NC2CCCCC2)cc1Br. The number of hydrogen-bond acceptors (Lipinski definition) is 4. The number of hydrogen-bond donors (Lipinski definition) is 3. The summed E-state index contributed by atoms with van der Waals surface area (Å²) in [5.74, 6) is 0.420. The Morgan fingerprint density at radius 2 is 1.88 bits per heavy atom. The highest BCUT2D eigenvalue weighted by atomic mass is 79.9. The standard InChI is InChI=1S/C19H28BrN3O3/c1-12(14-9-10-17(26-3)16(20)11-14)21-13(2)18(24)23-19(25)22-15-7-5-4-6-8-15/h9-13,15,21H,4-8H2,1-3H3,(H2,22,23,24,25)/t12-,13+/m0/s1. The van der Waals surface area contributed by atoms with Gasteiger partial charge in [0.2, 0.25) is 5.91 Å². The average molecular weight is 426 g/mol. The maximum atomic E-state index is 12.3. The lowest BCUT2D eigenvalue weighted by Gasteiger charge is -2.24. The summed E-state index contributed by atoms with van der Waals surface area (Å²) in [7, 11) is 1.62. The predicted molar refractivity (Wildman–Crippen MR) is 105 cm³/mol. The largest absolute Gasteiger partial charge is 0.496 e. The van der Waals surface area contributed by atoms with Gasteiger partial charge in [-0.1, -0.05) is 25.3 Å². The minimum Gasteiger partial charge on any atom is -0.496 e. The monoisotopic (exact) mass is 425 g/mol. The van der Waals surface area contributed by atoms with E-state index in [4.69, 9.17) is 4.74 Å². The molecule has 1 fully saturated rings. The van der Waals surface area contributed by atoms with Gasteiger partial charge < -0.3 is 10.1 Å². The molecule has 3 N–H and O–H groups in total. The second-order valence-corrected chi connectivity index (χ2v) is 7.66. The smallest absolute Gasteiger partial charge is 0.321 e. The van der Waals surface area contributed by atoms with E-state index < -0.39 is 12.1 Å². The molecular weight excluding hydrogens is 398 g/mol. The Balaban J connectivity index is 1.83. The number of carbonyl (C=O) groups excluding carboxylic acids is 2. The minimum absolute atomic E-state index is 0.0561. The van der Waals surface area contributed by atoms with E-state index in [9.17, 15) is 9.59 Å². The highest BCUT2D eigenvalue weighted by molar-refractivity contribution is 9.10. The highest BCUT2D eigenvalue weighted by Crippen LogP contribution is 2.28. The zero-order valence-corrected chi connectivity index (χ0v) is 17.2. The molecule has 26 heavy (non-hydrogen) atoms. The van der Waals surface area contributed by atoms with Crippen molar-refractivity contribution in [1.82, 2.24) is 16.0 Å². The van der Waals surface area contributed by atoms with Gasteiger partial charge in [0.05, 0.1) is 17.6 Å². The quantitative estimate of drug-likeness (QED) is 0.649. The van der Waals surface area contributed by atoms with E-state index in [1.807, 2.05) is 25.1 Å². The molecular formula is C19H28BrN3O3.